The first kappa shape index (κ1) is 98.4. The van der Waals surface area contributed by atoms with Crippen molar-refractivity contribution in [2.45, 2.75) is 235 Å². The molecule has 666 valence electrons. The first-order valence-corrected chi connectivity index (χ1v) is 40.2. The van der Waals surface area contributed by atoms with Crippen LogP contribution in [0.25, 0.3) is 54.3 Å². The van der Waals surface area contributed by atoms with Gasteiger partial charge in [-0.1, -0.05) is 87.0 Å². The van der Waals surface area contributed by atoms with Gasteiger partial charge in [-0.05, 0) is 179 Å². The van der Waals surface area contributed by atoms with E-state index in [1.165, 1.54) is 53.7 Å². The molecule has 12 atom stereocenters. The molecule has 30 heteroatoms. The number of hydrogen-bond donors (Lipinski definition) is 8. The van der Waals surface area contributed by atoms with Crippen LogP contribution in [0.3, 0.4) is 0 Å². The van der Waals surface area contributed by atoms with Crippen molar-refractivity contribution in [2.75, 3.05) is 26.4 Å². The van der Waals surface area contributed by atoms with Crippen molar-refractivity contribution in [1.82, 2.24) is 32.4 Å². The molecule has 0 radical (unpaired) electrons. The summed E-state index contributed by atoms with van der Waals surface area (Å²) in [5.41, 5.74) is 8.20. The summed E-state index contributed by atoms with van der Waals surface area (Å²) >= 11 is 0. The van der Waals surface area contributed by atoms with Gasteiger partial charge < -0.3 is 87.2 Å². The third-order valence-corrected chi connectivity index (χ3v) is 21.6. The molecule has 16 rings (SSSR count). The molecular weight excluding hydrogens is 1600 g/mol. The van der Waals surface area contributed by atoms with Crippen LogP contribution in [-0.4, -0.2) is 158 Å². The lowest BCUT2D eigenvalue weighted by Gasteiger charge is -2.23. The highest BCUT2D eigenvalue weighted by Gasteiger charge is 2.39. The Morgan fingerprint density at radius 2 is 0.984 bits per heavy atom. The molecule has 4 fully saturated rings. The lowest BCUT2D eigenvalue weighted by atomic mass is 10.0. The van der Waals surface area contributed by atoms with E-state index in [0.717, 1.165) is 82.6 Å². The summed E-state index contributed by atoms with van der Waals surface area (Å²) < 4.78 is 59.2. The van der Waals surface area contributed by atoms with Gasteiger partial charge in [-0.2, -0.15) is 0 Å². The maximum Gasteiger partial charge on any atom is 0.286 e. The highest BCUT2D eigenvalue weighted by molar-refractivity contribution is 5.90. The summed E-state index contributed by atoms with van der Waals surface area (Å²) in [5.74, 6) is 4.74. The number of hydrogen-bond acceptors (Lipinski definition) is 20. The number of aromatic nitrogens is 7. The summed E-state index contributed by atoms with van der Waals surface area (Å²) in [7, 11) is 0. The molecule has 124 heavy (non-hydrogen) atoms. The van der Waals surface area contributed by atoms with Gasteiger partial charge in [0.25, 0.3) is 28.1 Å². The van der Waals surface area contributed by atoms with E-state index in [1.807, 2.05) is 210 Å². The first-order valence-electron chi connectivity index (χ1n) is 40.2. The van der Waals surface area contributed by atoms with Crippen molar-refractivity contribution >= 4 is 65.6 Å². The molecule has 0 aliphatic carbocycles. The zero-order valence-electron chi connectivity index (χ0n) is 71.1. The van der Waals surface area contributed by atoms with Crippen molar-refractivity contribution in [3.63, 3.8) is 0 Å². The van der Waals surface area contributed by atoms with Gasteiger partial charge in [0.1, 0.15) is 54.7 Å². The van der Waals surface area contributed by atoms with Crippen LogP contribution >= 0.6 is 0 Å². The molecule has 4 unspecified atom stereocenters. The number of non-ortho nitro benzene ring substituents is 1. The molecule has 0 amide bonds. The lowest BCUT2D eigenvalue weighted by molar-refractivity contribution is -0.385. The Bertz CT molecular complexity index is 5970. The number of nitro benzene ring substituents is 1. The maximum absolute atomic E-state index is 13.6. The van der Waals surface area contributed by atoms with Crippen molar-refractivity contribution in [3.05, 3.63) is 273 Å². The maximum atomic E-state index is 13.6. The monoisotopic (exact) mass is 1710 g/mol. The molecule has 0 bridgehead atoms. The van der Waals surface area contributed by atoms with Crippen molar-refractivity contribution in [1.29, 1.82) is 0 Å². The van der Waals surface area contributed by atoms with E-state index < -0.39 is 82.6 Å². The summed E-state index contributed by atoms with van der Waals surface area (Å²) in [6.07, 6.45) is 6.34. The topological polar surface area (TPSA) is 379 Å². The fraction of sp³-hybridized carbons (Fsp3) is 0.426. The zero-order chi connectivity index (χ0) is 89.3. The number of para-hydroxylation sites is 1. The number of pyridine rings is 3. The van der Waals surface area contributed by atoms with Crippen LogP contribution in [0.15, 0.2) is 185 Å². The largest absolute Gasteiger partial charge is 0.394 e. The van der Waals surface area contributed by atoms with Gasteiger partial charge in [-0.25, -0.2) is 13.8 Å². The minimum Gasteiger partial charge on any atom is -0.394 e. The third kappa shape index (κ3) is 22.7. The summed E-state index contributed by atoms with van der Waals surface area (Å²) in [4.78, 5) is 61.9. The van der Waals surface area contributed by atoms with Crippen molar-refractivity contribution in [2.24, 2.45) is 0 Å². The molecule has 10 heterocycles. The number of nitro groups is 2. The van der Waals surface area contributed by atoms with Gasteiger partial charge in [0.05, 0.1) is 107 Å². The molecule has 0 spiro atoms. The molecule has 4 aliphatic heterocycles. The van der Waals surface area contributed by atoms with E-state index in [2.05, 4.69) is 16.8 Å². The number of aryl methyl sites for hydroxylation is 5. The van der Waals surface area contributed by atoms with Gasteiger partial charge in [0.2, 0.25) is 0 Å². The average Bonchev–Trinajstić information content (AvgIpc) is 1.17. The van der Waals surface area contributed by atoms with E-state index in [1.54, 1.807) is 38.4 Å². The fourth-order valence-electron chi connectivity index (χ4n) is 15.0. The van der Waals surface area contributed by atoms with Crippen LogP contribution < -0.4 is 16.7 Å². The number of imidazole rings is 1. The molecule has 12 aromatic rings. The van der Waals surface area contributed by atoms with Crippen LogP contribution in [0.1, 0.15) is 174 Å². The number of benzene rings is 6. The summed E-state index contributed by atoms with van der Waals surface area (Å²) in [6.45, 7) is 28.7. The second-order valence-electron chi connectivity index (χ2n) is 33.7. The van der Waals surface area contributed by atoms with E-state index in [9.17, 15) is 63.8 Å². The van der Waals surface area contributed by atoms with E-state index in [4.69, 9.17) is 39.4 Å². The molecule has 6 aromatic carbocycles. The molecule has 4 aliphatic rings. The summed E-state index contributed by atoms with van der Waals surface area (Å²) in [5, 5.41) is 102. The Morgan fingerprint density at radius 1 is 0.476 bits per heavy atom. The first-order chi connectivity index (χ1) is 57.6. The number of aliphatic hydroxyl groups excluding tert-OH is 8. The Morgan fingerprint density at radius 3 is 1.54 bits per heavy atom. The van der Waals surface area contributed by atoms with Crippen LogP contribution in [0, 0.1) is 78.3 Å². The van der Waals surface area contributed by atoms with Crippen LogP contribution in [0.4, 0.5) is 20.2 Å². The van der Waals surface area contributed by atoms with Crippen molar-refractivity contribution in [3.8, 4) is 11.8 Å². The molecule has 6 aromatic heterocycles. The SMILES string of the molecule is C.C.CC#Cc1cn(C(C)(C)C)c(=O)c2c(C)cccc12.Cc1cc([C@H]2CC(O)[C@@H](CO)O2)c(F)cc1F.Cc1ccc2c(=O)n(C(C)(C)C)ccc2c1.Cc1cccc2c1ncn2[C@H]1CC(O)[C@@H](CO)O1.Cc1cccc2ccn(C(C)(C)C)c(=O)c12.O=[N+]([O-])c1ccc2c(ccn2[C@H]2CC(O)[C@@H](CO)O2)c1.O=[N+]([O-])c1ccn([C@H]2CC(O)[C@@H](CO)O2)c1. The number of halogens is 2. The van der Waals surface area contributed by atoms with Crippen molar-refractivity contribution < 1.29 is 78.4 Å². The number of rotatable bonds is 10. The molecule has 8 N–H and O–H groups in total. The standard InChI is InChI=1S/C17H19NO.2C14H17NO.C13H14N2O5.C13H16N2O3.C12H14F2O3.C9H12N2O5.2CH4/c1-6-8-13-11-18(17(3,4)5)16(19)15-12(2)9-7-10-14(13)15;1-10-5-6-12-11(9-10)7-8-15(13(12)16)14(2,3)4;1-10-6-5-7-11-8-9-15(14(2,3)4)13(16)12(10)11;16-7-12-11(17)6-13(20-12)14-4-3-8-5-9(15(18)19)1-2-10(8)14;1-8-3-2-4-9-13(8)14-7-15(9)12-5-10(17)11(6-16)18-12;1-6-2-7(9(14)3-8(6)13)11-4-10(16)12(5-15)17-11;12-5-8-7(13)3-9(16-8)10-2-1-6(4-10)11(14)15;;/h7,9-11H,1-5H3;2*5-9H,1-4H3;1-5,11-13,16-17H,6-7H2;2-4,7,10-12,16-17H,5-6H2,1H3;2-3,10-12,15-16H,4-5H2,1H3;1-2,4,7-9,12-13H,3,5H2;2*1H4/t;;;11?,12-,13-;2*10?,11-,12-;7?,8-,9-;;/m...1111../s1. The third-order valence-electron chi connectivity index (χ3n) is 21.6. The van der Waals surface area contributed by atoms with Crippen LogP contribution in [0.5, 0.6) is 0 Å². The molecular formula is C94H117F2N9O19. The number of aliphatic hydroxyl groups is 8. The quantitative estimate of drug-likeness (QED) is 0.0358. The molecule has 0 saturated carbocycles. The summed E-state index contributed by atoms with van der Waals surface area (Å²) in [6, 6.07) is 37.7. The predicted molar refractivity (Wildman–Crippen MR) is 475 cm³/mol. The minimum absolute atomic E-state index is 0. The predicted octanol–water partition coefficient (Wildman–Crippen LogP) is 14.5. The van der Waals surface area contributed by atoms with Crippen LogP contribution in [-0.2, 0) is 35.6 Å². The second kappa shape index (κ2) is 41.6. The fourth-order valence-corrected chi connectivity index (χ4v) is 15.0. The Hall–Kier alpha value is -11.0. The van der Waals surface area contributed by atoms with Gasteiger partial charge in [-0.15, -0.1) is 5.92 Å². The number of ether oxygens (including phenoxy) is 4. The van der Waals surface area contributed by atoms with E-state index >= 15 is 0 Å². The normalized spacial score (nSPS) is 20.8. The zero-order valence-corrected chi connectivity index (χ0v) is 71.1. The van der Waals surface area contributed by atoms with E-state index in [-0.39, 0.29) is 110 Å². The Labute approximate surface area is 718 Å². The minimum atomic E-state index is -0.824. The highest BCUT2D eigenvalue weighted by atomic mass is 19.1. The van der Waals surface area contributed by atoms with Gasteiger partial charge in [0.15, 0.2) is 0 Å². The van der Waals surface area contributed by atoms with Gasteiger partial charge in [-0.3, -0.25) is 34.6 Å². The van der Waals surface area contributed by atoms with Gasteiger partial charge >= 0.3 is 0 Å². The lowest BCUT2D eigenvalue weighted by Crippen LogP contribution is -2.34. The van der Waals surface area contributed by atoms with E-state index in [0.29, 0.717) is 24.8 Å². The highest BCUT2D eigenvalue weighted by Crippen LogP contribution is 2.38. The Balaban J connectivity index is 0.000000179. The molecule has 28 nitrogen and oxygen atoms in total. The van der Waals surface area contributed by atoms with Gasteiger partial charge in [0, 0.05) is 125 Å². The second-order valence-corrected chi connectivity index (χ2v) is 33.7. The smallest absolute Gasteiger partial charge is 0.286 e. The Kier molecular flexibility index (Phi) is 33.1. The van der Waals surface area contributed by atoms with Crippen LogP contribution in [0.2, 0.25) is 0 Å². The number of fused-ring (bicyclic) bond motifs is 5. The number of nitrogens with zero attached hydrogens (tertiary/aromatic N) is 9. The average molecular weight is 1720 g/mol. The molecule has 4 saturated heterocycles.